The van der Waals surface area contributed by atoms with E-state index >= 15 is 0 Å². The van der Waals surface area contributed by atoms with Gasteiger partial charge in [0.1, 0.15) is 5.75 Å². The summed E-state index contributed by atoms with van der Waals surface area (Å²) in [5.41, 5.74) is -0.0207. The zero-order valence-corrected chi connectivity index (χ0v) is 12.6. The zero-order chi connectivity index (χ0) is 15.9. The van der Waals surface area contributed by atoms with E-state index in [4.69, 9.17) is 11.6 Å². The number of rotatable bonds is 8. The van der Waals surface area contributed by atoms with Gasteiger partial charge in [0.15, 0.2) is 6.61 Å². The Labute approximate surface area is 126 Å². The maximum Gasteiger partial charge on any atom is 0.422 e. The number of sulfonamides is 1. The first-order valence-electron chi connectivity index (χ1n) is 6.08. The van der Waals surface area contributed by atoms with Crippen molar-refractivity contribution in [3.8, 4) is 5.75 Å². The second-order valence-electron chi connectivity index (χ2n) is 4.22. The lowest BCUT2D eigenvalue weighted by atomic mass is 10.3. The Kier molecular flexibility index (Phi) is 6.60. The number of anilines is 1. The first-order chi connectivity index (χ1) is 9.73. The Bertz CT molecular complexity index is 549. The van der Waals surface area contributed by atoms with Crippen molar-refractivity contribution in [1.82, 2.24) is 0 Å². The predicted octanol–water partition coefficient (Wildman–Crippen LogP) is 3.39. The van der Waals surface area contributed by atoms with Crippen LogP contribution in [0.3, 0.4) is 0 Å². The van der Waals surface area contributed by atoms with Crippen LogP contribution in [0.1, 0.15) is 12.8 Å². The Balaban J connectivity index is 2.74. The third kappa shape index (κ3) is 7.42. The molecule has 0 aliphatic carbocycles. The van der Waals surface area contributed by atoms with Gasteiger partial charge in [-0.1, -0.05) is 12.1 Å². The lowest BCUT2D eigenvalue weighted by molar-refractivity contribution is -0.153. The van der Waals surface area contributed by atoms with Crippen molar-refractivity contribution in [2.75, 3.05) is 23.0 Å². The summed E-state index contributed by atoms with van der Waals surface area (Å²) in [6.07, 6.45) is -3.59. The number of benzene rings is 1. The number of ether oxygens (including phenoxy) is 1. The molecular weight excluding hydrogens is 331 g/mol. The normalized spacial score (nSPS) is 12.2. The molecule has 9 heteroatoms. The summed E-state index contributed by atoms with van der Waals surface area (Å²) in [5.74, 6) is 0.0180. The number of alkyl halides is 4. The molecule has 0 unspecified atom stereocenters. The highest BCUT2D eigenvalue weighted by molar-refractivity contribution is 7.92. The van der Waals surface area contributed by atoms with Crippen LogP contribution in [-0.4, -0.2) is 32.8 Å². The van der Waals surface area contributed by atoms with Gasteiger partial charge in [0.05, 0.1) is 11.4 Å². The molecule has 1 aromatic carbocycles. The maximum atomic E-state index is 12.1. The highest BCUT2D eigenvalue weighted by Crippen LogP contribution is 2.27. The van der Waals surface area contributed by atoms with Crippen molar-refractivity contribution in [2.45, 2.75) is 19.0 Å². The average molecular weight is 346 g/mol. The van der Waals surface area contributed by atoms with Gasteiger partial charge in [0.25, 0.3) is 0 Å². The molecule has 0 spiro atoms. The number of halogens is 4. The molecule has 0 saturated carbocycles. The third-order valence-corrected chi connectivity index (χ3v) is 3.96. The van der Waals surface area contributed by atoms with E-state index < -0.39 is 22.8 Å². The van der Waals surface area contributed by atoms with Gasteiger partial charge in [-0.2, -0.15) is 13.2 Å². The van der Waals surface area contributed by atoms with Crippen LogP contribution in [0.25, 0.3) is 0 Å². The van der Waals surface area contributed by atoms with E-state index in [9.17, 15) is 21.6 Å². The molecule has 4 nitrogen and oxygen atoms in total. The molecule has 1 rings (SSSR count). The Morgan fingerprint density at radius 1 is 1.19 bits per heavy atom. The molecule has 0 saturated heterocycles. The first kappa shape index (κ1) is 17.9. The van der Waals surface area contributed by atoms with Crippen molar-refractivity contribution in [3.63, 3.8) is 0 Å². The predicted molar refractivity (Wildman–Crippen MR) is 75.4 cm³/mol. The second kappa shape index (κ2) is 7.74. The molecule has 0 fully saturated rings. The lowest BCUT2D eigenvalue weighted by Gasteiger charge is -2.14. The molecule has 0 heterocycles. The molecule has 0 radical (unpaired) electrons. The summed E-state index contributed by atoms with van der Waals surface area (Å²) in [7, 11) is -3.65. The molecular formula is C12H15ClF3NO3S. The maximum absolute atomic E-state index is 12.1. The fourth-order valence-electron chi connectivity index (χ4n) is 1.44. The average Bonchev–Trinajstić information content (AvgIpc) is 2.36. The number of nitrogens with one attached hydrogen (secondary N) is 1. The van der Waals surface area contributed by atoms with Crippen LogP contribution in [0.15, 0.2) is 24.3 Å². The molecule has 0 amide bonds. The monoisotopic (exact) mass is 345 g/mol. The Morgan fingerprint density at radius 2 is 1.86 bits per heavy atom. The van der Waals surface area contributed by atoms with Gasteiger partial charge >= 0.3 is 6.18 Å². The van der Waals surface area contributed by atoms with Crippen LogP contribution in [-0.2, 0) is 10.0 Å². The van der Waals surface area contributed by atoms with E-state index in [1.54, 1.807) is 0 Å². The first-order valence-corrected chi connectivity index (χ1v) is 8.27. The van der Waals surface area contributed by atoms with E-state index in [0.717, 1.165) is 0 Å². The quantitative estimate of drug-likeness (QED) is 0.580. The van der Waals surface area contributed by atoms with Crippen LogP contribution in [0.4, 0.5) is 18.9 Å². The highest BCUT2D eigenvalue weighted by atomic mass is 35.5. The van der Waals surface area contributed by atoms with Gasteiger partial charge in [0.2, 0.25) is 10.0 Å². The summed E-state index contributed by atoms with van der Waals surface area (Å²) in [6.45, 7) is -1.49. The summed E-state index contributed by atoms with van der Waals surface area (Å²) < 4.78 is 66.8. The van der Waals surface area contributed by atoms with Gasteiger partial charge < -0.3 is 4.74 Å². The van der Waals surface area contributed by atoms with Crippen molar-refractivity contribution in [2.24, 2.45) is 0 Å². The fraction of sp³-hybridized carbons (Fsp3) is 0.500. The van der Waals surface area contributed by atoms with E-state index in [1.807, 2.05) is 0 Å². The van der Waals surface area contributed by atoms with Crippen molar-refractivity contribution in [3.05, 3.63) is 24.3 Å². The van der Waals surface area contributed by atoms with Crippen LogP contribution in [0.5, 0.6) is 5.75 Å². The van der Waals surface area contributed by atoms with Crippen molar-refractivity contribution >= 4 is 27.3 Å². The van der Waals surface area contributed by atoms with E-state index in [0.29, 0.717) is 18.7 Å². The fourth-order valence-corrected chi connectivity index (χ4v) is 2.82. The molecule has 21 heavy (non-hydrogen) atoms. The van der Waals surface area contributed by atoms with E-state index in [1.165, 1.54) is 24.3 Å². The minimum atomic E-state index is -4.49. The number of unbranched alkanes of at least 4 members (excludes halogenated alkanes) is 1. The van der Waals surface area contributed by atoms with Gasteiger partial charge in [0, 0.05) is 5.88 Å². The molecule has 1 N–H and O–H groups in total. The minimum Gasteiger partial charge on any atom is -0.482 e. The molecule has 0 atom stereocenters. The lowest BCUT2D eigenvalue weighted by Crippen LogP contribution is -2.21. The van der Waals surface area contributed by atoms with Crippen LogP contribution in [0, 0.1) is 0 Å². The molecule has 0 aliphatic rings. The third-order valence-electron chi connectivity index (χ3n) is 2.34. The molecule has 0 aromatic heterocycles. The molecule has 1 aromatic rings. The summed E-state index contributed by atoms with van der Waals surface area (Å²) in [5, 5.41) is 0. The summed E-state index contributed by atoms with van der Waals surface area (Å²) in [6, 6.07) is 5.56. The van der Waals surface area contributed by atoms with Gasteiger partial charge in [-0.25, -0.2) is 8.42 Å². The van der Waals surface area contributed by atoms with Crippen molar-refractivity contribution < 1.29 is 26.3 Å². The summed E-state index contributed by atoms with van der Waals surface area (Å²) in [4.78, 5) is 0. The second-order valence-corrected chi connectivity index (χ2v) is 6.44. The largest absolute Gasteiger partial charge is 0.482 e. The highest BCUT2D eigenvalue weighted by Gasteiger charge is 2.29. The van der Waals surface area contributed by atoms with Crippen LogP contribution >= 0.6 is 11.6 Å². The smallest absolute Gasteiger partial charge is 0.422 e. The SMILES string of the molecule is O=S(=O)(CCCCCl)Nc1ccccc1OCC(F)(F)F. The number of para-hydroxylation sites is 2. The topological polar surface area (TPSA) is 55.4 Å². The molecule has 0 bridgehead atoms. The van der Waals surface area contributed by atoms with E-state index in [-0.39, 0.29) is 17.2 Å². The minimum absolute atomic E-state index is 0.0207. The van der Waals surface area contributed by atoms with Crippen LogP contribution < -0.4 is 9.46 Å². The molecule has 0 aliphatic heterocycles. The van der Waals surface area contributed by atoms with Crippen molar-refractivity contribution in [1.29, 1.82) is 0 Å². The standard InChI is InChI=1S/C12H15ClF3NO3S/c13-7-3-4-8-21(18,19)17-10-5-1-2-6-11(10)20-9-12(14,15)16/h1-2,5-6,17H,3-4,7-9H2. The number of hydrogen-bond donors (Lipinski definition) is 1. The van der Waals surface area contributed by atoms with Crippen LogP contribution in [0.2, 0.25) is 0 Å². The van der Waals surface area contributed by atoms with E-state index in [2.05, 4.69) is 9.46 Å². The summed E-state index contributed by atoms with van der Waals surface area (Å²) >= 11 is 5.46. The number of hydrogen-bond acceptors (Lipinski definition) is 3. The van der Waals surface area contributed by atoms with Gasteiger partial charge in [-0.05, 0) is 25.0 Å². The Hall–Kier alpha value is -1.15. The van der Waals surface area contributed by atoms with Gasteiger partial charge in [-0.15, -0.1) is 11.6 Å². The zero-order valence-electron chi connectivity index (χ0n) is 11.0. The molecule has 120 valence electrons. The Morgan fingerprint density at radius 3 is 2.48 bits per heavy atom. The van der Waals surface area contributed by atoms with Gasteiger partial charge in [-0.3, -0.25) is 4.72 Å².